The maximum Gasteiger partial charge on any atom is 0.175 e. The molecular weight excluding hydrogens is 259 g/mol. The van der Waals surface area contributed by atoms with Gasteiger partial charge in [0.15, 0.2) is 10.3 Å². The van der Waals surface area contributed by atoms with Crippen molar-refractivity contribution in [2.75, 3.05) is 18.0 Å². The molecular formula is C11H16Cl2N4. The Balaban J connectivity index is 2.18. The first-order valence-electron chi connectivity index (χ1n) is 5.77. The van der Waals surface area contributed by atoms with E-state index in [4.69, 9.17) is 28.9 Å². The van der Waals surface area contributed by atoms with Crippen LogP contribution in [0, 0.1) is 5.92 Å². The molecule has 2 atom stereocenters. The zero-order valence-electron chi connectivity index (χ0n) is 9.74. The number of nitrogens with two attached hydrogens (primary N) is 1. The van der Waals surface area contributed by atoms with Gasteiger partial charge < -0.3 is 10.6 Å². The van der Waals surface area contributed by atoms with Crippen LogP contribution >= 0.6 is 23.2 Å². The first kappa shape index (κ1) is 12.9. The molecule has 0 radical (unpaired) electrons. The second-order valence-corrected chi connectivity index (χ2v) is 5.30. The number of hydrogen-bond donors (Lipinski definition) is 1. The summed E-state index contributed by atoms with van der Waals surface area (Å²) in [7, 11) is 0. The summed E-state index contributed by atoms with van der Waals surface area (Å²) in [6.07, 6.45) is 2.28. The monoisotopic (exact) mass is 274 g/mol. The summed E-state index contributed by atoms with van der Waals surface area (Å²) in [5.41, 5.74) is 6.82. The topological polar surface area (TPSA) is 55.0 Å². The first-order valence-corrected chi connectivity index (χ1v) is 6.53. The number of hydrogen-bond acceptors (Lipinski definition) is 4. The van der Waals surface area contributed by atoms with Crippen LogP contribution in [0.1, 0.15) is 19.8 Å². The molecule has 0 saturated carbocycles. The smallest absolute Gasteiger partial charge is 0.175 e. The summed E-state index contributed by atoms with van der Waals surface area (Å²) in [5, 5.41) is 8.33. The van der Waals surface area contributed by atoms with E-state index < -0.39 is 0 Å². The van der Waals surface area contributed by atoms with E-state index in [1.165, 1.54) is 0 Å². The number of piperidine rings is 1. The van der Waals surface area contributed by atoms with Gasteiger partial charge in [0.25, 0.3) is 0 Å². The van der Waals surface area contributed by atoms with Crippen LogP contribution in [0.5, 0.6) is 0 Å². The molecule has 0 aromatic carbocycles. The van der Waals surface area contributed by atoms with E-state index in [-0.39, 0.29) is 6.04 Å². The van der Waals surface area contributed by atoms with E-state index in [9.17, 15) is 0 Å². The third kappa shape index (κ3) is 3.00. The number of nitrogens with zero attached hydrogens (tertiary/aromatic N) is 3. The van der Waals surface area contributed by atoms with Gasteiger partial charge in [-0.25, -0.2) is 0 Å². The highest BCUT2D eigenvalue weighted by Gasteiger charge is 2.24. The van der Waals surface area contributed by atoms with Crippen LogP contribution in [0.4, 0.5) is 5.69 Å². The minimum absolute atomic E-state index is 0.196. The minimum Gasteiger partial charge on any atom is -0.369 e. The van der Waals surface area contributed by atoms with Crippen LogP contribution in [-0.4, -0.2) is 29.3 Å². The van der Waals surface area contributed by atoms with Gasteiger partial charge in [-0.3, -0.25) is 0 Å². The third-order valence-corrected chi connectivity index (χ3v) is 3.70. The lowest BCUT2D eigenvalue weighted by Crippen LogP contribution is -2.42. The highest BCUT2D eigenvalue weighted by molar-refractivity contribution is 6.33. The summed E-state index contributed by atoms with van der Waals surface area (Å²) in [6.45, 7) is 3.91. The van der Waals surface area contributed by atoms with Crippen molar-refractivity contribution < 1.29 is 0 Å². The summed E-state index contributed by atoms with van der Waals surface area (Å²) in [4.78, 5) is 2.19. The lowest BCUT2D eigenvalue weighted by atomic mass is 9.92. The fourth-order valence-corrected chi connectivity index (χ4v) is 2.58. The molecule has 94 valence electrons. The van der Waals surface area contributed by atoms with Gasteiger partial charge in [0, 0.05) is 25.2 Å². The van der Waals surface area contributed by atoms with Gasteiger partial charge in [-0.05, 0) is 25.7 Å². The zero-order chi connectivity index (χ0) is 12.4. The van der Waals surface area contributed by atoms with E-state index in [1.807, 2.05) is 6.92 Å². The van der Waals surface area contributed by atoms with Crippen molar-refractivity contribution >= 4 is 28.9 Å². The van der Waals surface area contributed by atoms with Crippen molar-refractivity contribution in [1.29, 1.82) is 0 Å². The lowest BCUT2D eigenvalue weighted by molar-refractivity contribution is 0.364. The zero-order valence-corrected chi connectivity index (χ0v) is 11.2. The Morgan fingerprint density at radius 2 is 2.24 bits per heavy atom. The highest BCUT2D eigenvalue weighted by Crippen LogP contribution is 2.30. The summed E-state index contributed by atoms with van der Waals surface area (Å²) < 4.78 is 0. The van der Waals surface area contributed by atoms with E-state index in [2.05, 4.69) is 15.1 Å². The van der Waals surface area contributed by atoms with Crippen molar-refractivity contribution in [1.82, 2.24) is 10.2 Å². The van der Waals surface area contributed by atoms with Crippen molar-refractivity contribution in [3.63, 3.8) is 0 Å². The molecule has 1 fully saturated rings. The van der Waals surface area contributed by atoms with Crippen LogP contribution in [-0.2, 0) is 0 Å². The Kier molecular flexibility index (Phi) is 4.07. The number of rotatable bonds is 2. The Bertz CT molecular complexity index is 397. The van der Waals surface area contributed by atoms with Crippen LogP contribution in [0.25, 0.3) is 0 Å². The van der Waals surface area contributed by atoms with E-state index in [0.29, 0.717) is 16.2 Å². The van der Waals surface area contributed by atoms with Crippen LogP contribution in [0.2, 0.25) is 10.3 Å². The quantitative estimate of drug-likeness (QED) is 0.900. The van der Waals surface area contributed by atoms with Gasteiger partial charge in [0.05, 0.1) is 5.69 Å². The van der Waals surface area contributed by atoms with E-state index in [0.717, 1.165) is 31.6 Å². The molecule has 4 nitrogen and oxygen atoms in total. The maximum absolute atomic E-state index is 6.05. The molecule has 1 aromatic rings. The second-order valence-electron chi connectivity index (χ2n) is 4.55. The van der Waals surface area contributed by atoms with Crippen LogP contribution < -0.4 is 10.6 Å². The standard InChI is InChI=1S/C11H16Cl2N4/c1-7(14)8-3-2-4-17(6-8)9-5-10(12)15-16-11(9)13/h5,7-8H,2-4,6,14H2,1H3. The molecule has 0 amide bonds. The summed E-state index contributed by atoms with van der Waals surface area (Å²) in [5.74, 6) is 0.492. The maximum atomic E-state index is 6.05. The summed E-state index contributed by atoms with van der Waals surface area (Å²) in [6, 6.07) is 1.96. The largest absolute Gasteiger partial charge is 0.369 e. The van der Waals surface area contributed by atoms with Crippen LogP contribution in [0.15, 0.2) is 6.07 Å². The molecule has 1 saturated heterocycles. The third-order valence-electron chi connectivity index (χ3n) is 3.24. The van der Waals surface area contributed by atoms with E-state index >= 15 is 0 Å². The fraction of sp³-hybridized carbons (Fsp3) is 0.636. The fourth-order valence-electron chi connectivity index (χ4n) is 2.22. The number of aromatic nitrogens is 2. The van der Waals surface area contributed by atoms with Gasteiger partial charge in [0.1, 0.15) is 0 Å². The predicted molar refractivity (Wildman–Crippen MR) is 70.6 cm³/mol. The normalized spacial score (nSPS) is 22.6. The molecule has 0 spiro atoms. The van der Waals surface area contributed by atoms with Gasteiger partial charge in [-0.1, -0.05) is 23.2 Å². The molecule has 2 rings (SSSR count). The van der Waals surface area contributed by atoms with E-state index in [1.54, 1.807) is 6.07 Å². The number of anilines is 1. The molecule has 1 aromatic heterocycles. The van der Waals surface area contributed by atoms with Gasteiger partial charge >= 0.3 is 0 Å². The molecule has 17 heavy (non-hydrogen) atoms. The van der Waals surface area contributed by atoms with Gasteiger partial charge in [0.2, 0.25) is 0 Å². The van der Waals surface area contributed by atoms with Gasteiger partial charge in [-0.15, -0.1) is 10.2 Å². The Hall–Kier alpha value is -0.580. The Morgan fingerprint density at radius 1 is 1.47 bits per heavy atom. The average Bonchev–Trinajstić information content (AvgIpc) is 2.32. The summed E-state index contributed by atoms with van der Waals surface area (Å²) >= 11 is 11.9. The Morgan fingerprint density at radius 3 is 2.94 bits per heavy atom. The first-order chi connectivity index (χ1) is 8.08. The molecule has 2 heterocycles. The molecule has 0 aliphatic carbocycles. The molecule has 2 unspecified atom stereocenters. The molecule has 0 bridgehead atoms. The molecule has 1 aliphatic heterocycles. The number of halogens is 2. The Labute approximate surface area is 111 Å². The highest BCUT2D eigenvalue weighted by atomic mass is 35.5. The van der Waals surface area contributed by atoms with Crippen molar-refractivity contribution in [2.45, 2.75) is 25.8 Å². The molecule has 1 aliphatic rings. The van der Waals surface area contributed by atoms with Crippen LogP contribution in [0.3, 0.4) is 0 Å². The second kappa shape index (κ2) is 5.38. The average molecular weight is 275 g/mol. The predicted octanol–water partition coefficient (Wildman–Crippen LogP) is 2.35. The SMILES string of the molecule is CC(N)C1CCCN(c2cc(Cl)nnc2Cl)C1. The minimum atomic E-state index is 0.196. The van der Waals surface area contributed by atoms with Crippen molar-refractivity contribution in [3.05, 3.63) is 16.4 Å². The lowest BCUT2D eigenvalue weighted by Gasteiger charge is -2.36. The molecule has 6 heteroatoms. The van der Waals surface area contributed by atoms with Gasteiger partial charge in [-0.2, -0.15) is 0 Å². The molecule has 2 N–H and O–H groups in total. The van der Waals surface area contributed by atoms with Crippen molar-refractivity contribution in [2.24, 2.45) is 11.7 Å². The van der Waals surface area contributed by atoms with Crippen molar-refractivity contribution in [3.8, 4) is 0 Å².